The van der Waals surface area contributed by atoms with E-state index in [0.717, 1.165) is 111 Å². The van der Waals surface area contributed by atoms with Crippen LogP contribution in [-0.2, 0) is 0 Å². The van der Waals surface area contributed by atoms with E-state index in [4.69, 9.17) is 14.4 Å². The zero-order valence-corrected chi connectivity index (χ0v) is 36.4. The van der Waals surface area contributed by atoms with Crippen LogP contribution in [0.3, 0.4) is 0 Å². The fourth-order valence-corrected chi connectivity index (χ4v) is 10.3. The molecule has 0 saturated carbocycles. The maximum absolute atomic E-state index is 7.60. The molecular formula is C64H40N2O. The first-order valence-corrected chi connectivity index (χ1v) is 22.8. The Bertz CT molecular complexity index is 3970. The summed E-state index contributed by atoms with van der Waals surface area (Å²) in [7, 11) is 0. The van der Waals surface area contributed by atoms with Crippen LogP contribution in [0.15, 0.2) is 247 Å². The van der Waals surface area contributed by atoms with Crippen molar-refractivity contribution in [3.8, 4) is 78.4 Å². The quantitative estimate of drug-likeness (QED) is 0.118. The zero-order chi connectivity index (χ0) is 44.3. The van der Waals surface area contributed by atoms with E-state index in [1.165, 1.54) is 21.9 Å². The van der Waals surface area contributed by atoms with Crippen molar-refractivity contribution in [3.63, 3.8) is 0 Å². The summed E-state index contributed by atoms with van der Waals surface area (Å²) in [6, 6.07) is 84.4. The lowest BCUT2D eigenvalue weighted by molar-refractivity contribution is 0.600. The number of benzene rings is 10. The first kappa shape index (κ1) is 38.5. The van der Waals surface area contributed by atoms with Crippen molar-refractivity contribution < 1.29 is 4.42 Å². The molecule has 10 aromatic carbocycles. The number of furan rings is 1. The Labute approximate surface area is 387 Å². The zero-order valence-electron chi connectivity index (χ0n) is 36.4. The average Bonchev–Trinajstić information content (AvgIpc) is 3.80. The monoisotopic (exact) mass is 852 g/mol. The van der Waals surface area contributed by atoms with Gasteiger partial charge in [0.25, 0.3) is 0 Å². The Morgan fingerprint density at radius 2 is 0.746 bits per heavy atom. The van der Waals surface area contributed by atoms with Crippen LogP contribution >= 0.6 is 0 Å². The molecular weight excluding hydrogens is 813 g/mol. The number of nitrogens with zero attached hydrogens (tertiary/aromatic N) is 2. The summed E-state index contributed by atoms with van der Waals surface area (Å²) in [5.74, 6) is 1.67. The number of rotatable bonds is 7. The molecule has 13 rings (SSSR count). The molecule has 3 heteroatoms. The minimum atomic E-state index is 0.823. The van der Waals surface area contributed by atoms with E-state index in [0.29, 0.717) is 0 Å². The molecule has 0 bridgehead atoms. The smallest absolute Gasteiger partial charge is 0.144 e. The van der Waals surface area contributed by atoms with Crippen molar-refractivity contribution in [3.05, 3.63) is 243 Å². The van der Waals surface area contributed by atoms with Gasteiger partial charge in [-0.15, -0.1) is 0 Å². The predicted octanol–water partition coefficient (Wildman–Crippen LogP) is 17.5. The maximum atomic E-state index is 7.60. The summed E-state index contributed by atoms with van der Waals surface area (Å²) in [5, 5.41) is 9.09. The fraction of sp³-hybridized carbons (Fsp3) is 0. The van der Waals surface area contributed by atoms with Gasteiger partial charge in [0, 0.05) is 44.8 Å². The van der Waals surface area contributed by atoms with E-state index in [1.54, 1.807) is 0 Å². The van der Waals surface area contributed by atoms with E-state index in [9.17, 15) is 0 Å². The van der Waals surface area contributed by atoms with Gasteiger partial charge in [0.05, 0.1) is 16.7 Å². The minimum absolute atomic E-state index is 0.823. The SMILES string of the molecule is c1ccc(-c2c(-c3cccc(-c4ccc(-c5ccc6ccc7cccnc7c6n5)c5ccccc45)c3)oc(-c3c4ccccc4c(-c4ccccc4)c4ccccc34)c2-c2ccccc2)cc1. The van der Waals surface area contributed by atoms with Gasteiger partial charge in [0.1, 0.15) is 11.5 Å². The predicted molar refractivity (Wildman–Crippen MR) is 280 cm³/mol. The van der Waals surface area contributed by atoms with Crippen LogP contribution < -0.4 is 0 Å². The molecule has 0 saturated heterocycles. The molecule has 3 aromatic heterocycles. The standard InChI is InChI=1S/C64H40N2O/c1-4-18-41(19-5-1)57-52-29-12-14-31-54(52)60(55-32-15-13-30-53(55)57)64-59(43-22-8-3-9-23-43)58(42-20-6-2-7-21-42)63(67-64)47-25-16-24-46(40-47)48-36-37-51(50-28-11-10-27-49(48)50)56-38-35-45-34-33-44-26-17-39-65-61(44)62(45)66-56/h1-40H. The molecule has 0 aliphatic heterocycles. The molecule has 0 fully saturated rings. The first-order valence-electron chi connectivity index (χ1n) is 22.8. The van der Waals surface area contributed by atoms with Crippen molar-refractivity contribution in [2.24, 2.45) is 0 Å². The van der Waals surface area contributed by atoms with Gasteiger partial charge in [-0.05, 0) is 83.9 Å². The van der Waals surface area contributed by atoms with Crippen LogP contribution in [0.25, 0.3) is 133 Å². The van der Waals surface area contributed by atoms with E-state index in [2.05, 4.69) is 231 Å². The number of fused-ring (bicyclic) bond motifs is 6. The molecule has 13 aromatic rings. The van der Waals surface area contributed by atoms with Crippen LogP contribution in [0.4, 0.5) is 0 Å². The Hall–Kier alpha value is -8.92. The molecule has 0 N–H and O–H groups in total. The third-order valence-electron chi connectivity index (χ3n) is 13.3. The topological polar surface area (TPSA) is 38.9 Å². The molecule has 0 atom stereocenters. The van der Waals surface area contributed by atoms with Gasteiger partial charge >= 0.3 is 0 Å². The lowest BCUT2D eigenvalue weighted by Gasteiger charge is -2.17. The van der Waals surface area contributed by atoms with Crippen LogP contribution in [0.2, 0.25) is 0 Å². The van der Waals surface area contributed by atoms with Gasteiger partial charge in [0.15, 0.2) is 0 Å². The minimum Gasteiger partial charge on any atom is -0.455 e. The summed E-state index contributed by atoms with van der Waals surface area (Å²) in [6.45, 7) is 0. The van der Waals surface area contributed by atoms with Crippen LogP contribution in [-0.4, -0.2) is 9.97 Å². The highest BCUT2D eigenvalue weighted by Crippen LogP contribution is 2.53. The van der Waals surface area contributed by atoms with Gasteiger partial charge in [-0.1, -0.05) is 218 Å². The van der Waals surface area contributed by atoms with E-state index in [-0.39, 0.29) is 0 Å². The third kappa shape index (κ3) is 6.43. The highest BCUT2D eigenvalue weighted by Gasteiger charge is 2.29. The largest absolute Gasteiger partial charge is 0.455 e. The first-order chi connectivity index (χ1) is 33.3. The molecule has 312 valence electrons. The summed E-state index contributed by atoms with van der Waals surface area (Å²) in [5.41, 5.74) is 14.9. The highest BCUT2D eigenvalue weighted by atomic mass is 16.3. The Balaban J connectivity index is 1.04. The summed E-state index contributed by atoms with van der Waals surface area (Å²) in [6.07, 6.45) is 1.84. The van der Waals surface area contributed by atoms with Crippen molar-refractivity contribution in [1.29, 1.82) is 0 Å². The molecule has 0 radical (unpaired) electrons. The molecule has 67 heavy (non-hydrogen) atoms. The Morgan fingerprint density at radius 1 is 0.284 bits per heavy atom. The van der Waals surface area contributed by atoms with E-state index >= 15 is 0 Å². The third-order valence-corrected chi connectivity index (χ3v) is 13.3. The van der Waals surface area contributed by atoms with Crippen molar-refractivity contribution in [2.45, 2.75) is 0 Å². The maximum Gasteiger partial charge on any atom is 0.144 e. The van der Waals surface area contributed by atoms with E-state index < -0.39 is 0 Å². The van der Waals surface area contributed by atoms with Crippen LogP contribution in [0.1, 0.15) is 0 Å². The molecule has 3 heterocycles. The number of aromatic nitrogens is 2. The van der Waals surface area contributed by atoms with Crippen LogP contribution in [0.5, 0.6) is 0 Å². The van der Waals surface area contributed by atoms with Gasteiger partial charge in [-0.25, -0.2) is 4.98 Å². The lowest BCUT2D eigenvalue weighted by atomic mass is 9.85. The van der Waals surface area contributed by atoms with Crippen molar-refractivity contribution in [2.75, 3.05) is 0 Å². The van der Waals surface area contributed by atoms with Crippen LogP contribution in [0, 0.1) is 0 Å². The van der Waals surface area contributed by atoms with Crippen molar-refractivity contribution >= 4 is 54.1 Å². The summed E-state index contributed by atoms with van der Waals surface area (Å²) >= 11 is 0. The highest BCUT2D eigenvalue weighted by molar-refractivity contribution is 6.23. The summed E-state index contributed by atoms with van der Waals surface area (Å²) in [4.78, 5) is 9.99. The summed E-state index contributed by atoms with van der Waals surface area (Å²) < 4.78 is 7.60. The Morgan fingerprint density at radius 3 is 1.37 bits per heavy atom. The molecule has 0 aliphatic carbocycles. The average molecular weight is 853 g/mol. The Kier molecular flexibility index (Phi) is 9.17. The second kappa shape index (κ2) is 16.0. The molecule has 0 spiro atoms. The fourth-order valence-electron chi connectivity index (χ4n) is 10.3. The second-order valence-electron chi connectivity index (χ2n) is 17.1. The number of pyridine rings is 2. The number of hydrogen-bond donors (Lipinski definition) is 0. The van der Waals surface area contributed by atoms with E-state index in [1.807, 2.05) is 12.3 Å². The molecule has 0 unspecified atom stereocenters. The van der Waals surface area contributed by atoms with Crippen molar-refractivity contribution in [1.82, 2.24) is 9.97 Å². The second-order valence-corrected chi connectivity index (χ2v) is 17.1. The molecule has 3 nitrogen and oxygen atoms in total. The molecule has 0 aliphatic rings. The lowest BCUT2D eigenvalue weighted by Crippen LogP contribution is -1.91. The van der Waals surface area contributed by atoms with Gasteiger partial charge in [0.2, 0.25) is 0 Å². The molecule has 0 amide bonds. The number of hydrogen-bond acceptors (Lipinski definition) is 3. The van der Waals surface area contributed by atoms with Gasteiger partial charge in [-0.3, -0.25) is 4.98 Å². The normalized spacial score (nSPS) is 11.6. The van der Waals surface area contributed by atoms with Gasteiger partial charge < -0.3 is 4.42 Å². The van der Waals surface area contributed by atoms with Gasteiger partial charge in [-0.2, -0.15) is 0 Å².